The van der Waals surface area contributed by atoms with Gasteiger partial charge in [-0.3, -0.25) is 0 Å². The molecule has 2 N–H and O–H groups in total. The van der Waals surface area contributed by atoms with Crippen molar-refractivity contribution in [1.82, 2.24) is 4.98 Å². The summed E-state index contributed by atoms with van der Waals surface area (Å²) in [6, 6.07) is 7.66. The number of ether oxygens (including phenoxy) is 1. The largest absolute Gasteiger partial charge is 0.491 e. The van der Waals surface area contributed by atoms with Gasteiger partial charge < -0.3 is 15.2 Å². The Morgan fingerprint density at radius 1 is 1.33 bits per heavy atom. The minimum absolute atomic E-state index is 0.0312. The van der Waals surface area contributed by atoms with Crippen LogP contribution in [0.5, 0.6) is 5.75 Å². The standard InChI is InChI=1S/C13H16N2O2S/c1-10-9-18-13(15-10)8-14-11-2-4-12(5-3-11)17-7-6-16/h2-5,9,14,16H,6-8H2,1H3. The van der Waals surface area contributed by atoms with Crippen molar-refractivity contribution in [3.63, 3.8) is 0 Å². The van der Waals surface area contributed by atoms with Crippen LogP contribution in [0.4, 0.5) is 5.69 Å². The molecular formula is C13H16N2O2S. The molecule has 0 aliphatic rings. The number of rotatable bonds is 6. The summed E-state index contributed by atoms with van der Waals surface area (Å²) >= 11 is 1.66. The monoisotopic (exact) mass is 264 g/mol. The molecule has 0 radical (unpaired) electrons. The first-order valence-electron chi connectivity index (χ1n) is 5.76. The summed E-state index contributed by atoms with van der Waals surface area (Å²) in [4.78, 5) is 4.39. The van der Waals surface area contributed by atoms with E-state index in [2.05, 4.69) is 10.3 Å². The molecule has 0 aliphatic carbocycles. The molecule has 0 unspecified atom stereocenters. The topological polar surface area (TPSA) is 54.4 Å². The van der Waals surface area contributed by atoms with E-state index >= 15 is 0 Å². The highest BCUT2D eigenvalue weighted by Gasteiger charge is 1.99. The Morgan fingerprint density at radius 2 is 2.11 bits per heavy atom. The van der Waals surface area contributed by atoms with Crippen molar-refractivity contribution in [2.24, 2.45) is 0 Å². The molecule has 0 spiro atoms. The van der Waals surface area contributed by atoms with E-state index in [0.29, 0.717) is 6.61 Å². The van der Waals surface area contributed by atoms with E-state index in [4.69, 9.17) is 9.84 Å². The summed E-state index contributed by atoms with van der Waals surface area (Å²) in [5.41, 5.74) is 2.09. The van der Waals surface area contributed by atoms with Crippen LogP contribution in [0.25, 0.3) is 0 Å². The van der Waals surface area contributed by atoms with Crippen molar-refractivity contribution in [2.45, 2.75) is 13.5 Å². The second-order valence-electron chi connectivity index (χ2n) is 3.83. The lowest BCUT2D eigenvalue weighted by molar-refractivity contribution is 0.201. The summed E-state index contributed by atoms with van der Waals surface area (Å²) < 4.78 is 5.29. The molecule has 4 nitrogen and oxygen atoms in total. The van der Waals surface area contributed by atoms with Crippen molar-refractivity contribution >= 4 is 17.0 Å². The average molecular weight is 264 g/mol. The Labute approximate surface area is 110 Å². The van der Waals surface area contributed by atoms with Crippen LogP contribution in [0.3, 0.4) is 0 Å². The Bertz CT molecular complexity index is 482. The first kappa shape index (κ1) is 12.9. The van der Waals surface area contributed by atoms with E-state index in [1.165, 1.54) is 0 Å². The maximum absolute atomic E-state index is 8.65. The predicted molar refractivity (Wildman–Crippen MR) is 73.2 cm³/mol. The first-order chi connectivity index (χ1) is 8.78. The normalized spacial score (nSPS) is 10.3. The Morgan fingerprint density at radius 3 is 2.72 bits per heavy atom. The number of anilines is 1. The van der Waals surface area contributed by atoms with E-state index in [9.17, 15) is 0 Å². The average Bonchev–Trinajstić information content (AvgIpc) is 2.81. The van der Waals surface area contributed by atoms with Gasteiger partial charge in [-0.2, -0.15) is 0 Å². The van der Waals surface area contributed by atoms with Gasteiger partial charge in [-0.25, -0.2) is 4.98 Å². The Balaban J connectivity index is 1.86. The van der Waals surface area contributed by atoms with Crippen LogP contribution in [-0.2, 0) is 6.54 Å². The van der Waals surface area contributed by atoms with E-state index in [-0.39, 0.29) is 6.61 Å². The highest BCUT2D eigenvalue weighted by Crippen LogP contribution is 2.17. The molecular weight excluding hydrogens is 248 g/mol. The molecule has 2 rings (SSSR count). The van der Waals surface area contributed by atoms with E-state index in [0.717, 1.165) is 28.7 Å². The zero-order valence-electron chi connectivity index (χ0n) is 10.2. The smallest absolute Gasteiger partial charge is 0.119 e. The number of nitrogens with zero attached hydrogens (tertiary/aromatic N) is 1. The third kappa shape index (κ3) is 3.72. The van der Waals surface area contributed by atoms with E-state index in [1.54, 1.807) is 11.3 Å². The fourth-order valence-corrected chi connectivity index (χ4v) is 2.21. The minimum Gasteiger partial charge on any atom is -0.491 e. The molecule has 0 fully saturated rings. The fraction of sp³-hybridized carbons (Fsp3) is 0.308. The Hall–Kier alpha value is -1.59. The number of hydrogen-bond donors (Lipinski definition) is 2. The summed E-state index contributed by atoms with van der Waals surface area (Å²) in [5, 5.41) is 15.1. The summed E-state index contributed by atoms with van der Waals surface area (Å²) in [6.07, 6.45) is 0. The lowest BCUT2D eigenvalue weighted by Crippen LogP contribution is -2.02. The SMILES string of the molecule is Cc1csc(CNc2ccc(OCCO)cc2)n1. The zero-order chi connectivity index (χ0) is 12.8. The minimum atomic E-state index is 0.0312. The summed E-state index contributed by atoms with van der Waals surface area (Å²) in [6.45, 7) is 3.08. The van der Waals surface area contributed by atoms with Crippen LogP contribution in [0.2, 0.25) is 0 Å². The number of nitrogens with one attached hydrogen (secondary N) is 1. The molecule has 0 bridgehead atoms. The third-order valence-corrected chi connectivity index (χ3v) is 3.29. The van der Waals surface area contributed by atoms with Gasteiger partial charge in [0.1, 0.15) is 17.4 Å². The quantitative estimate of drug-likeness (QED) is 0.841. The molecule has 0 atom stereocenters. The van der Waals surface area contributed by atoms with Crippen molar-refractivity contribution in [1.29, 1.82) is 0 Å². The van der Waals surface area contributed by atoms with E-state index < -0.39 is 0 Å². The number of benzene rings is 1. The van der Waals surface area contributed by atoms with Crippen molar-refractivity contribution in [3.8, 4) is 5.75 Å². The number of aliphatic hydroxyl groups is 1. The van der Waals surface area contributed by atoms with Crippen molar-refractivity contribution in [2.75, 3.05) is 18.5 Å². The molecule has 0 amide bonds. The van der Waals surface area contributed by atoms with Gasteiger partial charge in [0, 0.05) is 16.8 Å². The molecule has 0 saturated carbocycles. The van der Waals surface area contributed by atoms with Crippen molar-refractivity contribution < 1.29 is 9.84 Å². The number of aliphatic hydroxyl groups excluding tert-OH is 1. The second kappa shape index (κ2) is 6.37. The lowest BCUT2D eigenvalue weighted by atomic mass is 10.3. The van der Waals surface area contributed by atoms with Crippen LogP contribution in [0, 0.1) is 6.92 Å². The van der Waals surface area contributed by atoms with Gasteiger partial charge in [-0.05, 0) is 31.2 Å². The molecule has 0 aliphatic heterocycles. The molecule has 96 valence electrons. The molecule has 5 heteroatoms. The zero-order valence-corrected chi connectivity index (χ0v) is 11.0. The highest BCUT2D eigenvalue weighted by molar-refractivity contribution is 7.09. The second-order valence-corrected chi connectivity index (χ2v) is 4.78. The number of thiazole rings is 1. The number of hydrogen-bond acceptors (Lipinski definition) is 5. The number of aromatic nitrogens is 1. The van der Waals surface area contributed by atoms with Crippen LogP contribution >= 0.6 is 11.3 Å². The van der Waals surface area contributed by atoms with Gasteiger partial charge in [0.15, 0.2) is 0 Å². The van der Waals surface area contributed by atoms with Gasteiger partial charge in [0.2, 0.25) is 0 Å². The van der Waals surface area contributed by atoms with Gasteiger partial charge >= 0.3 is 0 Å². The van der Waals surface area contributed by atoms with Crippen LogP contribution < -0.4 is 10.1 Å². The Kier molecular flexibility index (Phi) is 4.55. The highest BCUT2D eigenvalue weighted by atomic mass is 32.1. The van der Waals surface area contributed by atoms with Gasteiger partial charge in [-0.15, -0.1) is 11.3 Å². The summed E-state index contributed by atoms with van der Waals surface area (Å²) in [5.74, 6) is 0.764. The first-order valence-corrected chi connectivity index (χ1v) is 6.64. The van der Waals surface area contributed by atoms with Gasteiger partial charge in [0.25, 0.3) is 0 Å². The molecule has 0 saturated heterocycles. The molecule has 1 heterocycles. The van der Waals surface area contributed by atoms with Gasteiger partial charge in [-0.1, -0.05) is 0 Å². The number of aryl methyl sites for hydroxylation is 1. The summed E-state index contributed by atoms with van der Waals surface area (Å²) in [7, 11) is 0. The molecule has 1 aromatic heterocycles. The van der Waals surface area contributed by atoms with Gasteiger partial charge in [0.05, 0.1) is 13.2 Å². The molecule has 1 aromatic carbocycles. The van der Waals surface area contributed by atoms with Crippen LogP contribution in [0.1, 0.15) is 10.7 Å². The van der Waals surface area contributed by atoms with Crippen LogP contribution in [-0.4, -0.2) is 23.3 Å². The molecule has 2 aromatic rings. The van der Waals surface area contributed by atoms with Crippen LogP contribution in [0.15, 0.2) is 29.6 Å². The lowest BCUT2D eigenvalue weighted by Gasteiger charge is -2.07. The van der Waals surface area contributed by atoms with E-state index in [1.807, 2.05) is 36.6 Å². The maximum Gasteiger partial charge on any atom is 0.119 e. The predicted octanol–water partition coefficient (Wildman–Crippen LogP) is 2.43. The molecule has 18 heavy (non-hydrogen) atoms. The van der Waals surface area contributed by atoms with Crippen molar-refractivity contribution in [3.05, 3.63) is 40.3 Å². The fourth-order valence-electron chi connectivity index (χ4n) is 1.49. The third-order valence-electron chi connectivity index (χ3n) is 2.32. The maximum atomic E-state index is 8.65.